The lowest BCUT2D eigenvalue weighted by atomic mass is 9.94. The summed E-state index contributed by atoms with van der Waals surface area (Å²) in [4.78, 5) is 22.9. The van der Waals surface area contributed by atoms with Crippen molar-refractivity contribution in [1.82, 2.24) is 15.2 Å². The first kappa shape index (κ1) is 27.8. The SMILES string of the molecule is Cc1c(CC(=O)NC(C)C)c(-c2ccc(F)c(Cl)c2)nc2ccc(N3CCCC(CN4CCOCC4)C3)cc12. The summed E-state index contributed by atoms with van der Waals surface area (Å²) in [7, 11) is 0. The second-order valence-electron chi connectivity index (χ2n) is 11.2. The summed E-state index contributed by atoms with van der Waals surface area (Å²) in [5.41, 5.74) is 5.25. The Morgan fingerprint density at radius 1 is 1.18 bits per heavy atom. The van der Waals surface area contributed by atoms with E-state index >= 15 is 0 Å². The van der Waals surface area contributed by atoms with Gasteiger partial charge in [0.1, 0.15) is 5.82 Å². The van der Waals surface area contributed by atoms with E-state index in [1.807, 2.05) is 13.8 Å². The van der Waals surface area contributed by atoms with Gasteiger partial charge in [-0.1, -0.05) is 11.6 Å². The summed E-state index contributed by atoms with van der Waals surface area (Å²) in [6.45, 7) is 12.8. The number of amides is 1. The van der Waals surface area contributed by atoms with Gasteiger partial charge >= 0.3 is 0 Å². The molecule has 0 aliphatic carbocycles. The third-order valence-electron chi connectivity index (χ3n) is 7.84. The van der Waals surface area contributed by atoms with Gasteiger partial charge in [-0.05, 0) is 87.1 Å². The number of piperidine rings is 1. The molecule has 208 valence electrons. The number of anilines is 1. The molecule has 1 amide bonds. The molecule has 8 heteroatoms. The zero-order valence-electron chi connectivity index (χ0n) is 23.1. The van der Waals surface area contributed by atoms with Crippen molar-refractivity contribution >= 4 is 34.1 Å². The van der Waals surface area contributed by atoms with Crippen molar-refractivity contribution < 1.29 is 13.9 Å². The van der Waals surface area contributed by atoms with Crippen LogP contribution in [0.3, 0.4) is 0 Å². The molecule has 0 saturated carbocycles. The molecule has 0 bridgehead atoms. The van der Waals surface area contributed by atoms with E-state index in [0.717, 1.165) is 68.0 Å². The molecule has 2 fully saturated rings. The molecule has 1 atom stereocenters. The largest absolute Gasteiger partial charge is 0.379 e. The maximum Gasteiger partial charge on any atom is 0.224 e. The second kappa shape index (κ2) is 12.2. The van der Waals surface area contributed by atoms with Crippen molar-refractivity contribution in [2.24, 2.45) is 5.92 Å². The minimum absolute atomic E-state index is 0.0334. The summed E-state index contributed by atoms with van der Waals surface area (Å²) in [6, 6.07) is 11.1. The van der Waals surface area contributed by atoms with Crippen LogP contribution in [0.5, 0.6) is 0 Å². The van der Waals surface area contributed by atoms with Crippen LogP contribution >= 0.6 is 11.6 Å². The monoisotopic (exact) mass is 552 g/mol. The highest BCUT2D eigenvalue weighted by Crippen LogP contribution is 2.35. The molecule has 0 radical (unpaired) electrons. The fourth-order valence-electron chi connectivity index (χ4n) is 5.88. The van der Waals surface area contributed by atoms with Crippen LogP contribution in [0, 0.1) is 18.7 Å². The normalized spacial score (nSPS) is 18.6. The average Bonchev–Trinajstić information content (AvgIpc) is 2.92. The molecule has 2 aliphatic rings. The number of hydrogen-bond donors (Lipinski definition) is 1. The molecule has 3 heterocycles. The molecule has 2 saturated heterocycles. The molecule has 39 heavy (non-hydrogen) atoms. The molecular weight excluding hydrogens is 515 g/mol. The lowest BCUT2D eigenvalue weighted by Crippen LogP contribution is -2.44. The number of halogens is 2. The van der Waals surface area contributed by atoms with Crippen LogP contribution in [-0.4, -0.2) is 67.8 Å². The van der Waals surface area contributed by atoms with Crippen molar-refractivity contribution in [3.8, 4) is 11.3 Å². The van der Waals surface area contributed by atoms with E-state index in [1.54, 1.807) is 12.1 Å². The highest BCUT2D eigenvalue weighted by molar-refractivity contribution is 6.31. The van der Waals surface area contributed by atoms with E-state index in [-0.39, 0.29) is 23.4 Å². The minimum atomic E-state index is -0.477. The highest BCUT2D eigenvalue weighted by Gasteiger charge is 2.24. The standard InChI is InChI=1S/C31H38ClFN4O2/c1-20(2)34-30(38)17-26-21(3)25-16-24(37-10-4-5-22(19-37)18-36-11-13-39-14-12-36)7-9-29(25)35-31(26)23-6-8-28(33)27(32)15-23/h6-9,15-16,20,22H,4-5,10-14,17-19H2,1-3H3,(H,34,38). The number of morpholine rings is 1. The molecular formula is C31H38ClFN4O2. The summed E-state index contributed by atoms with van der Waals surface area (Å²) >= 11 is 6.13. The minimum Gasteiger partial charge on any atom is -0.379 e. The van der Waals surface area contributed by atoms with Crippen LogP contribution in [-0.2, 0) is 16.0 Å². The van der Waals surface area contributed by atoms with Crippen molar-refractivity contribution in [3.05, 3.63) is 58.4 Å². The molecule has 1 N–H and O–H groups in total. The van der Waals surface area contributed by atoms with Crippen molar-refractivity contribution in [3.63, 3.8) is 0 Å². The van der Waals surface area contributed by atoms with E-state index in [0.29, 0.717) is 17.2 Å². The quantitative estimate of drug-likeness (QED) is 0.412. The zero-order chi connectivity index (χ0) is 27.5. The molecule has 1 aromatic heterocycles. The van der Waals surface area contributed by atoms with Crippen LogP contribution < -0.4 is 10.2 Å². The van der Waals surface area contributed by atoms with Crippen LogP contribution in [0.25, 0.3) is 22.2 Å². The maximum absolute atomic E-state index is 14.0. The van der Waals surface area contributed by atoms with Crippen LogP contribution in [0.15, 0.2) is 36.4 Å². The highest BCUT2D eigenvalue weighted by atomic mass is 35.5. The second-order valence-corrected chi connectivity index (χ2v) is 11.6. The first-order chi connectivity index (χ1) is 18.8. The van der Waals surface area contributed by atoms with E-state index in [9.17, 15) is 9.18 Å². The third-order valence-corrected chi connectivity index (χ3v) is 8.13. The van der Waals surface area contributed by atoms with Gasteiger partial charge in [-0.3, -0.25) is 9.69 Å². The zero-order valence-corrected chi connectivity index (χ0v) is 23.9. The van der Waals surface area contributed by atoms with E-state index in [4.69, 9.17) is 21.3 Å². The van der Waals surface area contributed by atoms with Gasteiger partial charge in [0.25, 0.3) is 0 Å². The molecule has 1 unspecified atom stereocenters. The van der Waals surface area contributed by atoms with Crippen LogP contribution in [0.1, 0.15) is 37.8 Å². The molecule has 5 rings (SSSR count). The van der Waals surface area contributed by atoms with Gasteiger partial charge in [0.2, 0.25) is 5.91 Å². The Hall–Kier alpha value is -2.74. The van der Waals surface area contributed by atoms with Crippen molar-refractivity contribution in [2.45, 2.75) is 46.1 Å². The summed E-state index contributed by atoms with van der Waals surface area (Å²) in [6.07, 6.45) is 2.61. The number of rotatable bonds is 7. The molecule has 0 spiro atoms. The fraction of sp³-hybridized carbons (Fsp3) is 0.484. The van der Waals surface area contributed by atoms with Crippen LogP contribution in [0.4, 0.5) is 10.1 Å². The predicted molar refractivity (Wildman–Crippen MR) is 156 cm³/mol. The van der Waals surface area contributed by atoms with Crippen molar-refractivity contribution in [1.29, 1.82) is 0 Å². The Balaban J connectivity index is 1.48. The lowest BCUT2D eigenvalue weighted by molar-refractivity contribution is -0.120. The van der Waals surface area contributed by atoms with Crippen LogP contribution in [0.2, 0.25) is 5.02 Å². The topological polar surface area (TPSA) is 57.7 Å². The Bertz CT molecular complexity index is 1340. The number of ether oxygens (including phenoxy) is 1. The number of nitrogens with one attached hydrogen (secondary N) is 1. The van der Waals surface area contributed by atoms with Gasteiger partial charge in [0.05, 0.1) is 35.9 Å². The molecule has 3 aromatic rings. The third kappa shape index (κ3) is 6.53. The Kier molecular flexibility index (Phi) is 8.70. The Labute approximate surface area is 235 Å². The molecule has 2 aliphatic heterocycles. The number of nitrogens with zero attached hydrogens (tertiary/aromatic N) is 3. The number of aromatic nitrogens is 1. The predicted octanol–water partition coefficient (Wildman–Crippen LogP) is 5.62. The van der Waals surface area contributed by atoms with E-state index in [1.165, 1.54) is 24.6 Å². The number of aryl methyl sites for hydroxylation is 1. The summed E-state index contributed by atoms with van der Waals surface area (Å²) in [5.74, 6) is 0.0876. The number of carbonyl (C=O) groups excluding carboxylic acids is 1. The van der Waals surface area contributed by atoms with Gasteiger partial charge in [-0.15, -0.1) is 0 Å². The average molecular weight is 553 g/mol. The number of hydrogen-bond acceptors (Lipinski definition) is 5. The Morgan fingerprint density at radius 2 is 1.97 bits per heavy atom. The Morgan fingerprint density at radius 3 is 2.72 bits per heavy atom. The lowest BCUT2D eigenvalue weighted by Gasteiger charge is -2.38. The molecule has 2 aromatic carbocycles. The fourth-order valence-corrected chi connectivity index (χ4v) is 6.06. The summed E-state index contributed by atoms with van der Waals surface area (Å²) in [5, 5.41) is 4.07. The smallest absolute Gasteiger partial charge is 0.224 e. The van der Waals surface area contributed by atoms with Crippen molar-refractivity contribution in [2.75, 3.05) is 50.8 Å². The number of fused-ring (bicyclic) bond motifs is 1. The van der Waals surface area contributed by atoms with E-state index < -0.39 is 5.82 Å². The molecule has 6 nitrogen and oxygen atoms in total. The number of benzene rings is 2. The maximum atomic E-state index is 14.0. The first-order valence-corrected chi connectivity index (χ1v) is 14.4. The summed E-state index contributed by atoms with van der Waals surface area (Å²) < 4.78 is 19.5. The van der Waals surface area contributed by atoms with Gasteiger partial charge in [0, 0.05) is 55.4 Å². The first-order valence-electron chi connectivity index (χ1n) is 14.0. The van der Waals surface area contributed by atoms with Gasteiger partial charge < -0.3 is 15.0 Å². The number of carbonyl (C=O) groups is 1. The van der Waals surface area contributed by atoms with E-state index in [2.05, 4.69) is 40.2 Å². The van der Waals surface area contributed by atoms with Gasteiger partial charge in [-0.2, -0.15) is 0 Å². The van der Waals surface area contributed by atoms with Gasteiger partial charge in [0.15, 0.2) is 0 Å². The van der Waals surface area contributed by atoms with Gasteiger partial charge in [-0.25, -0.2) is 9.37 Å². The number of pyridine rings is 1.